The van der Waals surface area contributed by atoms with Gasteiger partial charge in [-0.25, -0.2) is 19.9 Å². The van der Waals surface area contributed by atoms with Crippen LogP contribution in [0.15, 0.2) is 18.5 Å². The normalized spacial score (nSPS) is 16.2. The Morgan fingerprint density at radius 3 is 2.50 bits per heavy atom. The Labute approximate surface area is 158 Å². The van der Waals surface area contributed by atoms with Gasteiger partial charge in [0.05, 0.1) is 17.8 Å². The second kappa shape index (κ2) is 7.90. The van der Waals surface area contributed by atoms with Crippen LogP contribution < -0.4 is 10.6 Å². The molecule has 2 N–H and O–H groups in total. The van der Waals surface area contributed by atoms with Crippen LogP contribution in [0.2, 0.25) is 0 Å². The number of piperidine rings is 1. The monoisotopic (exact) mass is 402 g/mol. The Hall–Kier alpha value is -2.43. The lowest BCUT2D eigenvalue weighted by molar-refractivity contribution is -0.144. The van der Waals surface area contributed by atoms with Gasteiger partial charge in [0.15, 0.2) is 0 Å². The second-order valence-electron chi connectivity index (χ2n) is 6.56. The number of halogens is 5. The minimum absolute atomic E-state index is 0.125. The Kier molecular flexibility index (Phi) is 5.73. The molecule has 1 saturated heterocycles. The summed E-state index contributed by atoms with van der Waals surface area (Å²) in [6, 6.07) is 1.10. The molecule has 0 radical (unpaired) electrons. The molecule has 6 nitrogen and oxygen atoms in total. The average molecular weight is 402 g/mol. The highest BCUT2D eigenvalue weighted by atomic mass is 19.4. The van der Waals surface area contributed by atoms with Gasteiger partial charge in [0.2, 0.25) is 5.82 Å². The Bertz CT molecular complexity index is 820. The van der Waals surface area contributed by atoms with Crippen molar-refractivity contribution in [3.05, 3.63) is 41.4 Å². The van der Waals surface area contributed by atoms with Gasteiger partial charge in [-0.3, -0.25) is 0 Å². The van der Waals surface area contributed by atoms with Crippen molar-refractivity contribution in [3.63, 3.8) is 0 Å². The molecule has 28 heavy (non-hydrogen) atoms. The summed E-state index contributed by atoms with van der Waals surface area (Å²) in [6.07, 6.45) is -1.44. The number of hydrogen-bond acceptors (Lipinski definition) is 6. The van der Waals surface area contributed by atoms with Gasteiger partial charge in [-0.05, 0) is 38.9 Å². The van der Waals surface area contributed by atoms with E-state index in [4.69, 9.17) is 0 Å². The molecular weight excluding hydrogens is 383 g/mol. The Morgan fingerprint density at radius 1 is 1.11 bits per heavy atom. The number of hydrogen-bond donors (Lipinski definition) is 2. The molecule has 0 spiro atoms. The maximum Gasteiger partial charge on any atom is 0.451 e. The van der Waals surface area contributed by atoms with Crippen LogP contribution in [0.5, 0.6) is 0 Å². The van der Waals surface area contributed by atoms with Crippen LogP contribution >= 0.6 is 0 Å². The van der Waals surface area contributed by atoms with Crippen LogP contribution in [0.25, 0.3) is 0 Å². The first-order valence-electron chi connectivity index (χ1n) is 8.73. The largest absolute Gasteiger partial charge is 0.451 e. The summed E-state index contributed by atoms with van der Waals surface area (Å²) in [6.45, 7) is 2.10. The van der Waals surface area contributed by atoms with E-state index in [1.165, 1.54) is 0 Å². The molecule has 1 fully saturated rings. The quantitative estimate of drug-likeness (QED) is 0.748. The lowest BCUT2D eigenvalue weighted by atomic mass is 9.90. The number of alkyl halides is 5. The van der Waals surface area contributed by atoms with Gasteiger partial charge < -0.3 is 10.6 Å². The molecule has 1 aliphatic heterocycles. The maximum absolute atomic E-state index is 14.9. The van der Waals surface area contributed by atoms with E-state index in [1.54, 1.807) is 6.92 Å². The zero-order chi connectivity index (χ0) is 20.4. The van der Waals surface area contributed by atoms with E-state index in [2.05, 4.69) is 30.6 Å². The zero-order valence-electron chi connectivity index (χ0n) is 15.0. The maximum atomic E-state index is 14.9. The van der Waals surface area contributed by atoms with E-state index in [0.29, 0.717) is 37.4 Å². The van der Waals surface area contributed by atoms with Gasteiger partial charge in [-0.15, -0.1) is 0 Å². The smallest absolute Gasteiger partial charge is 0.364 e. The highest BCUT2D eigenvalue weighted by molar-refractivity contribution is 5.36. The molecule has 0 bridgehead atoms. The van der Waals surface area contributed by atoms with Gasteiger partial charge >= 0.3 is 6.18 Å². The lowest BCUT2D eigenvalue weighted by Crippen LogP contribution is -2.31. The van der Waals surface area contributed by atoms with Crippen molar-refractivity contribution in [2.75, 3.05) is 25.0 Å². The summed E-state index contributed by atoms with van der Waals surface area (Å²) in [5, 5.41) is 5.44. The average Bonchev–Trinajstić information content (AvgIpc) is 2.66. The van der Waals surface area contributed by atoms with Gasteiger partial charge in [-0.2, -0.15) is 22.0 Å². The van der Waals surface area contributed by atoms with E-state index < -0.39 is 24.5 Å². The van der Waals surface area contributed by atoms with Crippen LogP contribution in [0, 0.1) is 6.92 Å². The third-order valence-corrected chi connectivity index (χ3v) is 4.46. The molecule has 152 valence electrons. The van der Waals surface area contributed by atoms with Gasteiger partial charge in [0, 0.05) is 18.3 Å². The van der Waals surface area contributed by atoms with Crippen LogP contribution in [-0.4, -0.2) is 39.6 Å². The molecule has 3 rings (SSSR count). The Balaban J connectivity index is 1.81. The van der Waals surface area contributed by atoms with E-state index in [1.807, 2.05) is 0 Å². The van der Waals surface area contributed by atoms with Crippen molar-refractivity contribution < 1.29 is 22.0 Å². The summed E-state index contributed by atoms with van der Waals surface area (Å²) in [5.74, 6) is -4.85. The van der Waals surface area contributed by atoms with Crippen molar-refractivity contribution in [2.24, 2.45) is 0 Å². The first-order chi connectivity index (χ1) is 13.2. The fraction of sp³-hybridized carbons (Fsp3) is 0.529. The van der Waals surface area contributed by atoms with Crippen LogP contribution in [0.4, 0.5) is 27.8 Å². The summed E-state index contributed by atoms with van der Waals surface area (Å²) in [4.78, 5) is 14.5. The van der Waals surface area contributed by atoms with Crippen LogP contribution in [-0.2, 0) is 12.1 Å². The fourth-order valence-corrected chi connectivity index (χ4v) is 3.07. The molecular formula is C17H19F5N6. The minimum atomic E-state index is -4.76. The predicted octanol–water partition coefficient (Wildman–Crippen LogP) is 3.26. The molecule has 0 atom stereocenters. The standard InChI is InChI=1S/C17H19F5N6/c1-10-25-8-12(14(27-10)11-2-5-23-6-3-11)16(18,19)9-26-13-4-7-24-15(28-13)17(20,21)22/h4,7-8,11,23H,2-3,5-6,9H2,1H3,(H,24,26,28). The summed E-state index contributed by atoms with van der Waals surface area (Å²) in [7, 11) is 0. The molecule has 2 aromatic rings. The van der Waals surface area contributed by atoms with Crippen molar-refractivity contribution >= 4 is 5.82 Å². The van der Waals surface area contributed by atoms with E-state index in [0.717, 1.165) is 18.5 Å². The molecule has 0 amide bonds. The van der Waals surface area contributed by atoms with Gasteiger partial charge in [-0.1, -0.05) is 0 Å². The van der Waals surface area contributed by atoms with Crippen molar-refractivity contribution in [1.29, 1.82) is 0 Å². The molecule has 0 aromatic carbocycles. The number of aryl methyl sites for hydroxylation is 1. The number of anilines is 1. The van der Waals surface area contributed by atoms with E-state index in [-0.39, 0.29) is 17.3 Å². The molecule has 3 heterocycles. The fourth-order valence-electron chi connectivity index (χ4n) is 3.07. The molecule has 0 unspecified atom stereocenters. The highest BCUT2D eigenvalue weighted by Gasteiger charge is 2.38. The Morgan fingerprint density at radius 2 is 1.82 bits per heavy atom. The van der Waals surface area contributed by atoms with Gasteiger partial charge in [0.1, 0.15) is 11.6 Å². The number of nitrogens with one attached hydrogen (secondary N) is 2. The molecule has 0 aliphatic carbocycles. The molecule has 1 aliphatic rings. The third-order valence-electron chi connectivity index (χ3n) is 4.46. The topological polar surface area (TPSA) is 75.6 Å². The first kappa shape index (κ1) is 20.3. The second-order valence-corrected chi connectivity index (χ2v) is 6.56. The number of nitrogens with zero attached hydrogens (tertiary/aromatic N) is 4. The molecule has 2 aromatic heterocycles. The zero-order valence-corrected chi connectivity index (χ0v) is 15.0. The summed E-state index contributed by atoms with van der Waals surface area (Å²) >= 11 is 0. The van der Waals surface area contributed by atoms with Crippen molar-refractivity contribution in [3.8, 4) is 0 Å². The SMILES string of the molecule is Cc1ncc(C(F)(F)CNc2ccnc(C(F)(F)F)n2)c(C2CCNCC2)n1. The van der Waals surface area contributed by atoms with E-state index in [9.17, 15) is 22.0 Å². The van der Waals surface area contributed by atoms with Crippen molar-refractivity contribution in [2.45, 2.75) is 37.8 Å². The first-order valence-corrected chi connectivity index (χ1v) is 8.73. The van der Waals surface area contributed by atoms with Crippen molar-refractivity contribution in [1.82, 2.24) is 25.3 Å². The van der Waals surface area contributed by atoms with Crippen LogP contribution in [0.3, 0.4) is 0 Å². The molecule has 11 heteroatoms. The van der Waals surface area contributed by atoms with Crippen LogP contribution in [0.1, 0.15) is 41.7 Å². The third kappa shape index (κ3) is 4.70. The predicted molar refractivity (Wildman–Crippen MR) is 91.0 cm³/mol. The molecule has 0 saturated carbocycles. The lowest BCUT2D eigenvalue weighted by Gasteiger charge is -2.27. The number of aromatic nitrogens is 4. The summed E-state index contributed by atoms with van der Waals surface area (Å²) < 4.78 is 67.8. The number of rotatable bonds is 5. The summed E-state index contributed by atoms with van der Waals surface area (Å²) in [5.41, 5.74) is -0.0259. The van der Waals surface area contributed by atoms with Gasteiger partial charge in [0.25, 0.3) is 5.92 Å². The minimum Gasteiger partial charge on any atom is -0.364 e. The van der Waals surface area contributed by atoms with E-state index >= 15 is 0 Å². The highest BCUT2D eigenvalue weighted by Crippen LogP contribution is 2.36.